The Morgan fingerprint density at radius 1 is 1.16 bits per heavy atom. The van der Waals surface area contributed by atoms with Gasteiger partial charge in [0.15, 0.2) is 0 Å². The summed E-state index contributed by atoms with van der Waals surface area (Å²) in [7, 11) is 0. The maximum atomic E-state index is 13.6. The molecular weight excluding hydrogens is 339 g/mol. The quantitative estimate of drug-likeness (QED) is 0.781. The number of ether oxygens (including phenoxy) is 1. The number of nitrogens with zero attached hydrogens (tertiary/aromatic N) is 2. The topological polar surface area (TPSA) is 36.3 Å². The van der Waals surface area contributed by atoms with Gasteiger partial charge in [0.2, 0.25) is 0 Å². The highest BCUT2D eigenvalue weighted by molar-refractivity contribution is 6.30. The molecule has 1 saturated heterocycles. The molecule has 0 atom stereocenters. The minimum absolute atomic E-state index is 0.0114. The molecule has 3 rings (SSSR count). The van der Waals surface area contributed by atoms with E-state index < -0.39 is 5.82 Å². The monoisotopic (exact) mass is 358 g/mol. The minimum atomic E-state index is -0.530. The summed E-state index contributed by atoms with van der Waals surface area (Å²) in [4.78, 5) is 2.42. The average molecular weight is 359 g/mol. The van der Waals surface area contributed by atoms with Crippen molar-refractivity contribution in [2.75, 3.05) is 19.7 Å². The predicted molar refractivity (Wildman–Crippen MR) is 96.1 cm³/mol. The van der Waals surface area contributed by atoms with E-state index in [4.69, 9.17) is 21.6 Å². The third kappa shape index (κ3) is 4.72. The third-order valence-electron chi connectivity index (χ3n) is 4.59. The zero-order chi connectivity index (χ0) is 17.6. The molecule has 0 bridgehead atoms. The van der Waals surface area contributed by atoms with Crippen LogP contribution < -0.4 is 4.74 Å². The summed E-state index contributed by atoms with van der Waals surface area (Å²) < 4.78 is 19.3. The lowest BCUT2D eigenvalue weighted by Crippen LogP contribution is -2.35. The Hall–Kier alpha value is -2.09. The summed E-state index contributed by atoms with van der Waals surface area (Å²) in [5, 5.41) is 9.80. The molecule has 0 unspecified atom stereocenters. The lowest BCUT2D eigenvalue weighted by atomic mass is 9.97. The fourth-order valence-corrected chi connectivity index (χ4v) is 3.23. The molecule has 0 aromatic heterocycles. The summed E-state index contributed by atoms with van der Waals surface area (Å²) in [6, 6.07) is 14.3. The summed E-state index contributed by atoms with van der Waals surface area (Å²) in [5.41, 5.74) is 1.25. The molecule has 1 aliphatic heterocycles. The van der Waals surface area contributed by atoms with E-state index >= 15 is 0 Å². The van der Waals surface area contributed by atoms with Crippen molar-refractivity contribution < 1.29 is 9.13 Å². The largest absolute Gasteiger partial charge is 0.492 e. The fourth-order valence-electron chi connectivity index (χ4n) is 3.10. The molecule has 5 heteroatoms. The standard InChI is InChI=1S/C20H20ClFN2O/c21-17-6-4-15(5-7-17)13-24-10-8-16(9-11-24)14-25-20-3-1-2-19(22)18(20)12-23/h1-7,16H,8-11,13-14H2. The molecule has 130 valence electrons. The number of hydrogen-bond acceptors (Lipinski definition) is 3. The van der Waals surface area contributed by atoms with E-state index in [1.165, 1.54) is 11.6 Å². The number of rotatable bonds is 5. The van der Waals surface area contributed by atoms with Crippen LogP contribution in [-0.2, 0) is 6.54 Å². The molecular formula is C20H20ClFN2O. The molecule has 25 heavy (non-hydrogen) atoms. The molecule has 2 aromatic carbocycles. The lowest BCUT2D eigenvalue weighted by molar-refractivity contribution is 0.136. The smallest absolute Gasteiger partial charge is 0.144 e. The molecule has 1 fully saturated rings. The number of halogens is 2. The minimum Gasteiger partial charge on any atom is -0.492 e. The van der Waals surface area contributed by atoms with Crippen LogP contribution in [0, 0.1) is 23.1 Å². The van der Waals surface area contributed by atoms with E-state index in [2.05, 4.69) is 17.0 Å². The van der Waals surface area contributed by atoms with Crippen LogP contribution in [0.3, 0.4) is 0 Å². The molecule has 1 heterocycles. The van der Waals surface area contributed by atoms with Crippen LogP contribution in [0.5, 0.6) is 5.75 Å². The Labute approximate surface area is 152 Å². The number of benzene rings is 2. The van der Waals surface area contributed by atoms with Crippen molar-refractivity contribution in [3.05, 3.63) is 64.4 Å². The zero-order valence-electron chi connectivity index (χ0n) is 13.9. The average Bonchev–Trinajstić information content (AvgIpc) is 2.63. The van der Waals surface area contributed by atoms with E-state index in [1.54, 1.807) is 12.1 Å². The van der Waals surface area contributed by atoms with E-state index in [1.807, 2.05) is 18.2 Å². The normalized spacial score (nSPS) is 15.7. The van der Waals surface area contributed by atoms with Crippen LogP contribution in [0.25, 0.3) is 0 Å². The molecule has 0 amide bonds. The summed E-state index contributed by atoms with van der Waals surface area (Å²) in [6.07, 6.45) is 2.07. The van der Waals surface area contributed by atoms with E-state index in [9.17, 15) is 4.39 Å². The van der Waals surface area contributed by atoms with Gasteiger partial charge >= 0.3 is 0 Å². The number of piperidine rings is 1. The second kappa shape index (κ2) is 8.33. The van der Waals surface area contributed by atoms with Gasteiger partial charge in [-0.15, -0.1) is 0 Å². The van der Waals surface area contributed by atoms with Crippen molar-refractivity contribution >= 4 is 11.6 Å². The van der Waals surface area contributed by atoms with Gasteiger partial charge in [-0.05, 0) is 61.7 Å². The first-order valence-electron chi connectivity index (χ1n) is 8.44. The predicted octanol–water partition coefficient (Wildman–Crippen LogP) is 4.64. The molecule has 3 nitrogen and oxygen atoms in total. The molecule has 1 aliphatic rings. The Balaban J connectivity index is 1.48. The first-order chi connectivity index (χ1) is 12.2. The Morgan fingerprint density at radius 2 is 1.88 bits per heavy atom. The van der Waals surface area contributed by atoms with Gasteiger partial charge in [0.25, 0.3) is 0 Å². The van der Waals surface area contributed by atoms with Crippen LogP contribution in [0.15, 0.2) is 42.5 Å². The van der Waals surface area contributed by atoms with Gasteiger partial charge in [-0.2, -0.15) is 5.26 Å². The van der Waals surface area contributed by atoms with Gasteiger partial charge < -0.3 is 4.74 Å². The Kier molecular flexibility index (Phi) is 5.91. The maximum absolute atomic E-state index is 13.6. The van der Waals surface area contributed by atoms with Gasteiger partial charge in [0.1, 0.15) is 23.2 Å². The van der Waals surface area contributed by atoms with Crippen molar-refractivity contribution in [2.45, 2.75) is 19.4 Å². The van der Waals surface area contributed by atoms with Gasteiger partial charge in [-0.1, -0.05) is 29.8 Å². The molecule has 0 radical (unpaired) electrons. The maximum Gasteiger partial charge on any atom is 0.144 e. The lowest BCUT2D eigenvalue weighted by Gasteiger charge is -2.31. The number of nitriles is 1. The number of hydrogen-bond donors (Lipinski definition) is 0. The second-order valence-electron chi connectivity index (χ2n) is 6.38. The van der Waals surface area contributed by atoms with Crippen LogP contribution in [0.2, 0.25) is 5.02 Å². The first kappa shape index (κ1) is 17.7. The van der Waals surface area contributed by atoms with Crippen LogP contribution in [0.4, 0.5) is 4.39 Å². The van der Waals surface area contributed by atoms with Gasteiger partial charge in [-0.3, -0.25) is 4.90 Å². The number of likely N-dealkylation sites (tertiary alicyclic amines) is 1. The van der Waals surface area contributed by atoms with Crippen molar-refractivity contribution in [1.82, 2.24) is 4.90 Å². The Morgan fingerprint density at radius 3 is 2.56 bits per heavy atom. The first-order valence-corrected chi connectivity index (χ1v) is 8.81. The van der Waals surface area contributed by atoms with Crippen molar-refractivity contribution in [1.29, 1.82) is 5.26 Å². The molecule has 0 N–H and O–H groups in total. The third-order valence-corrected chi connectivity index (χ3v) is 4.84. The van der Waals surface area contributed by atoms with Gasteiger partial charge in [-0.25, -0.2) is 4.39 Å². The second-order valence-corrected chi connectivity index (χ2v) is 6.82. The van der Waals surface area contributed by atoms with Gasteiger partial charge in [0, 0.05) is 11.6 Å². The van der Waals surface area contributed by atoms with E-state index in [-0.39, 0.29) is 5.56 Å². The van der Waals surface area contributed by atoms with E-state index in [0.717, 1.165) is 37.5 Å². The summed E-state index contributed by atoms with van der Waals surface area (Å²) in [5.74, 6) is 0.236. The van der Waals surface area contributed by atoms with Crippen molar-refractivity contribution in [3.63, 3.8) is 0 Å². The molecule has 0 aliphatic carbocycles. The molecule has 2 aromatic rings. The zero-order valence-corrected chi connectivity index (χ0v) is 14.7. The fraction of sp³-hybridized carbons (Fsp3) is 0.350. The summed E-state index contributed by atoms with van der Waals surface area (Å²) in [6.45, 7) is 3.45. The summed E-state index contributed by atoms with van der Waals surface area (Å²) >= 11 is 5.92. The van der Waals surface area contributed by atoms with Crippen LogP contribution in [0.1, 0.15) is 24.0 Å². The van der Waals surface area contributed by atoms with Crippen molar-refractivity contribution in [2.24, 2.45) is 5.92 Å². The van der Waals surface area contributed by atoms with Gasteiger partial charge in [0.05, 0.1) is 6.61 Å². The molecule has 0 spiro atoms. The highest BCUT2D eigenvalue weighted by Crippen LogP contribution is 2.24. The van der Waals surface area contributed by atoms with Crippen LogP contribution >= 0.6 is 11.6 Å². The SMILES string of the molecule is N#Cc1c(F)cccc1OCC1CCN(Cc2ccc(Cl)cc2)CC1. The van der Waals surface area contributed by atoms with Crippen molar-refractivity contribution in [3.8, 4) is 11.8 Å². The van der Waals surface area contributed by atoms with Crippen LogP contribution in [-0.4, -0.2) is 24.6 Å². The van der Waals surface area contributed by atoms with E-state index in [0.29, 0.717) is 18.3 Å². The molecule has 0 saturated carbocycles. The highest BCUT2D eigenvalue weighted by Gasteiger charge is 2.20. The Bertz CT molecular complexity index is 749. The highest BCUT2D eigenvalue weighted by atomic mass is 35.5.